The molecular formula is C14H25N3O. The molecule has 18 heavy (non-hydrogen) atoms. The van der Waals surface area contributed by atoms with Gasteiger partial charge in [-0.1, -0.05) is 5.16 Å². The van der Waals surface area contributed by atoms with Gasteiger partial charge in [-0.15, -0.1) is 0 Å². The van der Waals surface area contributed by atoms with Gasteiger partial charge in [0.15, 0.2) is 0 Å². The average molecular weight is 251 g/mol. The van der Waals surface area contributed by atoms with Crippen molar-refractivity contribution in [1.82, 2.24) is 15.4 Å². The fourth-order valence-corrected chi connectivity index (χ4v) is 3.28. The average Bonchev–Trinajstić information content (AvgIpc) is 2.68. The normalized spacial score (nSPS) is 27.4. The molecule has 0 amide bonds. The molecule has 0 spiro atoms. The molecule has 0 aromatic carbocycles. The minimum Gasteiger partial charge on any atom is -0.361 e. The summed E-state index contributed by atoms with van der Waals surface area (Å²) in [6.07, 6.45) is 2.43. The Hall–Kier alpha value is -0.870. The summed E-state index contributed by atoms with van der Waals surface area (Å²) in [4.78, 5) is 2.57. The minimum absolute atomic E-state index is 0.393. The van der Waals surface area contributed by atoms with Crippen molar-refractivity contribution in [3.05, 3.63) is 17.0 Å². The van der Waals surface area contributed by atoms with Crippen LogP contribution in [0.2, 0.25) is 0 Å². The lowest BCUT2D eigenvalue weighted by atomic mass is 9.94. The molecule has 3 atom stereocenters. The van der Waals surface area contributed by atoms with E-state index in [1.165, 1.54) is 18.4 Å². The zero-order chi connectivity index (χ0) is 13.3. The highest BCUT2D eigenvalue weighted by Gasteiger charge is 2.30. The van der Waals surface area contributed by atoms with Gasteiger partial charge < -0.3 is 9.84 Å². The zero-order valence-electron chi connectivity index (χ0n) is 12.2. The number of rotatable bonds is 3. The summed E-state index contributed by atoms with van der Waals surface area (Å²) in [5, 5.41) is 7.47. The van der Waals surface area contributed by atoms with Crippen LogP contribution in [0.15, 0.2) is 4.52 Å². The SMILES string of the molecule is CNC1CCN(C(C)c2c(C)noc2C)C(C)C1. The third-order valence-corrected chi connectivity index (χ3v) is 4.34. The summed E-state index contributed by atoms with van der Waals surface area (Å²) < 4.78 is 5.30. The third kappa shape index (κ3) is 2.45. The first kappa shape index (κ1) is 13.6. The van der Waals surface area contributed by atoms with Crippen molar-refractivity contribution in [3.63, 3.8) is 0 Å². The third-order valence-electron chi connectivity index (χ3n) is 4.34. The summed E-state index contributed by atoms with van der Waals surface area (Å²) in [5.74, 6) is 0.961. The van der Waals surface area contributed by atoms with Gasteiger partial charge in [-0.05, 0) is 47.6 Å². The summed E-state index contributed by atoms with van der Waals surface area (Å²) >= 11 is 0. The summed E-state index contributed by atoms with van der Waals surface area (Å²) in [5.41, 5.74) is 2.30. The zero-order valence-corrected chi connectivity index (χ0v) is 12.2. The Labute approximate surface area is 110 Å². The molecule has 1 saturated heterocycles. The molecule has 2 heterocycles. The Kier molecular flexibility index (Phi) is 4.07. The van der Waals surface area contributed by atoms with Gasteiger partial charge in [0.2, 0.25) is 0 Å². The molecule has 0 bridgehead atoms. The molecule has 1 aliphatic rings. The van der Waals surface area contributed by atoms with E-state index in [1.807, 2.05) is 13.8 Å². The van der Waals surface area contributed by atoms with Gasteiger partial charge in [-0.25, -0.2) is 0 Å². The molecule has 1 N–H and O–H groups in total. The maximum absolute atomic E-state index is 5.30. The van der Waals surface area contributed by atoms with Gasteiger partial charge in [-0.2, -0.15) is 0 Å². The predicted octanol–water partition coefficient (Wildman–Crippen LogP) is 2.42. The van der Waals surface area contributed by atoms with Crippen molar-refractivity contribution in [2.75, 3.05) is 13.6 Å². The van der Waals surface area contributed by atoms with E-state index in [2.05, 4.69) is 36.3 Å². The van der Waals surface area contributed by atoms with Crippen LogP contribution >= 0.6 is 0 Å². The number of nitrogens with one attached hydrogen (secondary N) is 1. The van der Waals surface area contributed by atoms with Gasteiger partial charge >= 0.3 is 0 Å². The van der Waals surface area contributed by atoms with Crippen LogP contribution in [-0.4, -0.2) is 35.7 Å². The molecule has 1 aromatic rings. The Morgan fingerprint density at radius 2 is 2.17 bits per heavy atom. The number of aromatic nitrogens is 1. The van der Waals surface area contributed by atoms with Gasteiger partial charge in [0.25, 0.3) is 0 Å². The summed E-state index contributed by atoms with van der Waals surface area (Å²) in [7, 11) is 2.06. The highest BCUT2D eigenvalue weighted by Crippen LogP contribution is 2.31. The van der Waals surface area contributed by atoms with Crippen LogP contribution in [-0.2, 0) is 0 Å². The van der Waals surface area contributed by atoms with Gasteiger partial charge in [0, 0.05) is 30.2 Å². The van der Waals surface area contributed by atoms with E-state index in [4.69, 9.17) is 4.52 Å². The Balaban J connectivity index is 2.12. The predicted molar refractivity (Wildman–Crippen MR) is 72.6 cm³/mol. The standard InChI is InChI=1S/C14H25N3O/c1-9-8-13(15-5)6-7-17(9)11(3)14-10(2)16-18-12(14)4/h9,11,13,15H,6-8H2,1-5H3. The first-order valence-electron chi connectivity index (χ1n) is 6.90. The Bertz CT molecular complexity index is 382. The maximum atomic E-state index is 5.30. The van der Waals surface area contributed by atoms with Crippen LogP contribution in [0.4, 0.5) is 0 Å². The molecule has 102 valence electrons. The number of aryl methyl sites for hydroxylation is 2. The monoisotopic (exact) mass is 251 g/mol. The van der Waals surface area contributed by atoms with Crippen LogP contribution in [0.25, 0.3) is 0 Å². The van der Waals surface area contributed by atoms with Crippen molar-refractivity contribution in [1.29, 1.82) is 0 Å². The molecule has 4 heteroatoms. The van der Waals surface area contributed by atoms with Crippen molar-refractivity contribution in [2.45, 2.75) is 58.7 Å². The van der Waals surface area contributed by atoms with E-state index in [9.17, 15) is 0 Å². The lowest BCUT2D eigenvalue weighted by molar-refractivity contribution is 0.0965. The van der Waals surface area contributed by atoms with Crippen LogP contribution in [0, 0.1) is 13.8 Å². The lowest BCUT2D eigenvalue weighted by Gasteiger charge is -2.41. The van der Waals surface area contributed by atoms with Gasteiger partial charge in [0.1, 0.15) is 5.76 Å². The molecule has 1 aliphatic heterocycles. The Morgan fingerprint density at radius 1 is 1.44 bits per heavy atom. The molecule has 2 rings (SSSR count). The smallest absolute Gasteiger partial charge is 0.138 e. The van der Waals surface area contributed by atoms with E-state index in [-0.39, 0.29) is 0 Å². The fraction of sp³-hybridized carbons (Fsp3) is 0.786. The van der Waals surface area contributed by atoms with Crippen molar-refractivity contribution < 1.29 is 4.52 Å². The van der Waals surface area contributed by atoms with Crippen LogP contribution < -0.4 is 5.32 Å². The molecule has 1 aromatic heterocycles. The first-order chi connectivity index (χ1) is 8.54. The lowest BCUT2D eigenvalue weighted by Crippen LogP contribution is -2.47. The quantitative estimate of drug-likeness (QED) is 0.896. The van der Waals surface area contributed by atoms with Gasteiger partial charge in [0.05, 0.1) is 5.69 Å². The van der Waals surface area contributed by atoms with Crippen molar-refractivity contribution in [2.24, 2.45) is 0 Å². The van der Waals surface area contributed by atoms with Crippen LogP contribution in [0.1, 0.15) is 49.7 Å². The second-order valence-electron chi connectivity index (χ2n) is 5.51. The number of hydrogen-bond donors (Lipinski definition) is 1. The van der Waals surface area contributed by atoms with Crippen LogP contribution in [0.3, 0.4) is 0 Å². The van der Waals surface area contributed by atoms with Crippen LogP contribution in [0.5, 0.6) is 0 Å². The maximum Gasteiger partial charge on any atom is 0.138 e. The van der Waals surface area contributed by atoms with Crippen molar-refractivity contribution in [3.8, 4) is 0 Å². The fourth-order valence-electron chi connectivity index (χ4n) is 3.28. The highest BCUT2D eigenvalue weighted by molar-refractivity contribution is 5.24. The minimum atomic E-state index is 0.393. The first-order valence-corrected chi connectivity index (χ1v) is 6.90. The highest BCUT2D eigenvalue weighted by atomic mass is 16.5. The van der Waals surface area contributed by atoms with Gasteiger partial charge in [-0.3, -0.25) is 4.90 Å². The summed E-state index contributed by atoms with van der Waals surface area (Å²) in [6.45, 7) is 9.77. The van der Waals surface area contributed by atoms with E-state index in [0.29, 0.717) is 18.1 Å². The summed E-state index contributed by atoms with van der Waals surface area (Å²) in [6, 6.07) is 1.65. The molecule has 3 unspecified atom stereocenters. The molecular weight excluding hydrogens is 226 g/mol. The Morgan fingerprint density at radius 3 is 2.67 bits per heavy atom. The molecule has 0 aliphatic carbocycles. The molecule has 0 radical (unpaired) electrons. The van der Waals surface area contributed by atoms with Crippen molar-refractivity contribution >= 4 is 0 Å². The topological polar surface area (TPSA) is 41.3 Å². The van der Waals surface area contributed by atoms with E-state index in [0.717, 1.165) is 18.0 Å². The van der Waals surface area contributed by atoms with E-state index in [1.54, 1.807) is 0 Å². The molecule has 1 fully saturated rings. The molecule has 4 nitrogen and oxygen atoms in total. The largest absolute Gasteiger partial charge is 0.361 e. The van der Waals surface area contributed by atoms with E-state index >= 15 is 0 Å². The second kappa shape index (κ2) is 5.41. The number of piperidine rings is 1. The number of nitrogens with zero attached hydrogens (tertiary/aromatic N) is 2. The number of hydrogen-bond acceptors (Lipinski definition) is 4. The molecule has 0 saturated carbocycles. The van der Waals surface area contributed by atoms with E-state index < -0.39 is 0 Å². The number of likely N-dealkylation sites (tertiary alicyclic amines) is 1. The second-order valence-corrected chi connectivity index (χ2v) is 5.51.